The Kier molecular flexibility index (Phi) is 6.68. The summed E-state index contributed by atoms with van der Waals surface area (Å²) < 4.78 is 36.3. The van der Waals surface area contributed by atoms with Gasteiger partial charge in [0.15, 0.2) is 0 Å². The molecule has 2 aliphatic heterocycles. The summed E-state index contributed by atoms with van der Waals surface area (Å²) >= 11 is 1.65. The second kappa shape index (κ2) is 9.30. The monoisotopic (exact) mass is 454 g/mol. The maximum Gasteiger partial charge on any atom is 0.387 e. The molecule has 0 aliphatic carbocycles. The van der Waals surface area contributed by atoms with Gasteiger partial charge >= 0.3 is 6.61 Å². The minimum absolute atomic E-state index is 0.0470. The van der Waals surface area contributed by atoms with E-state index < -0.39 is 36.8 Å². The van der Waals surface area contributed by atoms with E-state index in [1.165, 1.54) is 11.6 Å². The summed E-state index contributed by atoms with van der Waals surface area (Å²) in [5.74, 6) is -0.533. The number of aromatic hydroxyl groups is 1. The molecule has 2 aromatic carbocycles. The van der Waals surface area contributed by atoms with Crippen LogP contribution in [0.15, 0.2) is 41.3 Å². The molecule has 5 atom stereocenters. The minimum atomic E-state index is -3.06. The Morgan fingerprint density at radius 1 is 1.19 bits per heavy atom. The van der Waals surface area contributed by atoms with Crippen LogP contribution < -0.4 is 4.74 Å². The van der Waals surface area contributed by atoms with Crippen LogP contribution in [0.5, 0.6) is 11.5 Å². The highest BCUT2D eigenvalue weighted by Gasteiger charge is 2.39. The van der Waals surface area contributed by atoms with Gasteiger partial charge in [0.05, 0.1) is 18.8 Å². The van der Waals surface area contributed by atoms with Crippen molar-refractivity contribution in [3.05, 3.63) is 53.1 Å². The first kappa shape index (κ1) is 22.3. The molecule has 2 heterocycles. The number of alkyl halides is 2. The van der Waals surface area contributed by atoms with Crippen LogP contribution in [-0.2, 0) is 17.6 Å². The molecule has 2 aromatic rings. The number of ether oxygens (including phenoxy) is 2. The van der Waals surface area contributed by atoms with Gasteiger partial charge in [-0.1, -0.05) is 18.2 Å². The molecule has 168 valence electrons. The molecule has 1 fully saturated rings. The number of thioether (sulfide) groups is 1. The molecule has 0 aromatic heterocycles. The van der Waals surface area contributed by atoms with Crippen LogP contribution in [0.1, 0.15) is 29.2 Å². The molecule has 9 heteroatoms. The lowest BCUT2D eigenvalue weighted by Gasteiger charge is -2.37. The fraction of sp³-hybridized carbons (Fsp3) is 0.455. The van der Waals surface area contributed by atoms with Gasteiger partial charge in [-0.05, 0) is 36.1 Å². The van der Waals surface area contributed by atoms with Crippen LogP contribution in [0.2, 0.25) is 0 Å². The molecule has 0 amide bonds. The molecule has 0 radical (unpaired) electrons. The van der Waals surface area contributed by atoms with Gasteiger partial charge in [0.2, 0.25) is 0 Å². The quantitative estimate of drug-likeness (QED) is 0.533. The van der Waals surface area contributed by atoms with E-state index in [2.05, 4.69) is 4.74 Å². The smallest absolute Gasteiger partial charge is 0.387 e. The van der Waals surface area contributed by atoms with Gasteiger partial charge in [0.25, 0.3) is 0 Å². The molecule has 0 spiro atoms. The molecular weight excluding hydrogens is 430 g/mol. The van der Waals surface area contributed by atoms with Crippen molar-refractivity contribution >= 4 is 11.8 Å². The van der Waals surface area contributed by atoms with Crippen molar-refractivity contribution in [1.29, 1.82) is 0 Å². The molecule has 6 nitrogen and oxygen atoms in total. The van der Waals surface area contributed by atoms with Crippen LogP contribution in [0, 0.1) is 0 Å². The lowest BCUT2D eigenvalue weighted by molar-refractivity contribution is -0.180. The Bertz CT molecular complexity index is 902. The number of aliphatic hydroxyl groups is 3. The Balaban J connectivity index is 1.65. The maximum absolute atomic E-state index is 13.0. The second-order valence-electron chi connectivity index (χ2n) is 7.81. The molecule has 4 rings (SSSR count). The van der Waals surface area contributed by atoms with Crippen LogP contribution in [0.4, 0.5) is 8.78 Å². The zero-order chi connectivity index (χ0) is 22.1. The van der Waals surface area contributed by atoms with E-state index in [0.717, 1.165) is 17.4 Å². The number of phenolic OH excluding ortho intramolecular Hbond substituents is 1. The zero-order valence-electron chi connectivity index (χ0n) is 16.5. The van der Waals surface area contributed by atoms with Crippen molar-refractivity contribution in [2.45, 2.75) is 60.4 Å². The summed E-state index contributed by atoms with van der Waals surface area (Å²) in [6, 6.07) is 10.5. The number of hydrogen-bond acceptors (Lipinski definition) is 7. The van der Waals surface area contributed by atoms with Crippen molar-refractivity contribution < 1.29 is 38.7 Å². The SMILES string of the molecule is OC[C@@H]1C[C@H](O)C(O)[C@H](c2cc(CC3Cc4ccccc4S3)c(OC(F)F)cc2O)O1. The highest BCUT2D eigenvalue weighted by Crippen LogP contribution is 2.43. The van der Waals surface area contributed by atoms with E-state index in [1.807, 2.05) is 24.3 Å². The molecule has 0 bridgehead atoms. The number of hydrogen-bond donors (Lipinski definition) is 4. The number of phenols is 1. The molecule has 4 N–H and O–H groups in total. The van der Waals surface area contributed by atoms with Crippen LogP contribution in [-0.4, -0.2) is 57.2 Å². The Morgan fingerprint density at radius 3 is 2.68 bits per heavy atom. The average Bonchev–Trinajstić information content (AvgIpc) is 3.14. The number of halogens is 2. The molecule has 2 aliphatic rings. The van der Waals surface area contributed by atoms with E-state index >= 15 is 0 Å². The largest absolute Gasteiger partial charge is 0.507 e. The summed E-state index contributed by atoms with van der Waals surface area (Å²) in [6.07, 6.45) is -3.13. The first-order valence-electron chi connectivity index (χ1n) is 10.0. The highest BCUT2D eigenvalue weighted by molar-refractivity contribution is 8.00. The summed E-state index contributed by atoms with van der Waals surface area (Å²) in [5, 5.41) is 40.5. The van der Waals surface area contributed by atoms with E-state index in [4.69, 9.17) is 4.74 Å². The molecule has 2 unspecified atom stereocenters. The summed E-state index contributed by atoms with van der Waals surface area (Å²) in [4.78, 5) is 1.14. The number of benzene rings is 2. The molecule has 1 saturated heterocycles. The van der Waals surface area contributed by atoms with E-state index in [0.29, 0.717) is 12.0 Å². The predicted octanol–water partition coefficient (Wildman–Crippen LogP) is 2.80. The van der Waals surface area contributed by atoms with E-state index in [9.17, 15) is 29.2 Å². The zero-order valence-corrected chi connectivity index (χ0v) is 17.3. The van der Waals surface area contributed by atoms with Gasteiger partial charge in [0, 0.05) is 28.2 Å². The summed E-state index contributed by atoms with van der Waals surface area (Å²) in [6.45, 7) is -3.42. The van der Waals surface area contributed by atoms with Crippen molar-refractivity contribution in [1.82, 2.24) is 0 Å². The van der Waals surface area contributed by atoms with Gasteiger partial charge in [-0.2, -0.15) is 8.78 Å². The maximum atomic E-state index is 13.0. The number of rotatable bonds is 6. The lowest BCUT2D eigenvalue weighted by atomic mass is 9.91. The first-order chi connectivity index (χ1) is 14.9. The number of aliphatic hydroxyl groups excluding tert-OH is 3. The van der Waals surface area contributed by atoms with Gasteiger partial charge in [-0.25, -0.2) is 0 Å². The summed E-state index contributed by atoms with van der Waals surface area (Å²) in [5.41, 5.74) is 1.78. The van der Waals surface area contributed by atoms with Crippen molar-refractivity contribution in [2.75, 3.05) is 6.61 Å². The standard InChI is InChI=1S/C22H24F2O6S/c23-22(24)30-18-9-16(26)15(21-20(28)17(27)8-13(10-25)29-21)7-12(18)6-14-5-11-3-1-2-4-19(11)31-14/h1-4,7,9,13-14,17,20-22,25-28H,5-6,8,10H2/t13-,14?,17-,20?,21-/m0/s1. The fourth-order valence-corrected chi connectivity index (χ4v) is 5.51. The van der Waals surface area contributed by atoms with Crippen LogP contribution in [0.25, 0.3) is 0 Å². The van der Waals surface area contributed by atoms with Gasteiger partial charge < -0.3 is 29.9 Å². The van der Waals surface area contributed by atoms with Gasteiger partial charge in [0.1, 0.15) is 23.7 Å². The average molecular weight is 454 g/mol. The van der Waals surface area contributed by atoms with E-state index in [-0.39, 0.29) is 29.6 Å². The van der Waals surface area contributed by atoms with E-state index in [1.54, 1.807) is 11.8 Å². The topological polar surface area (TPSA) is 99.4 Å². The molecular formula is C22H24F2O6S. The Morgan fingerprint density at radius 2 is 1.97 bits per heavy atom. The van der Waals surface area contributed by atoms with Crippen LogP contribution in [0.3, 0.4) is 0 Å². The minimum Gasteiger partial charge on any atom is -0.507 e. The normalized spacial score (nSPS) is 28.0. The lowest BCUT2D eigenvalue weighted by Crippen LogP contribution is -2.44. The second-order valence-corrected chi connectivity index (χ2v) is 9.15. The highest BCUT2D eigenvalue weighted by atomic mass is 32.2. The van der Waals surface area contributed by atoms with Crippen molar-refractivity contribution in [3.63, 3.8) is 0 Å². The van der Waals surface area contributed by atoms with Crippen molar-refractivity contribution in [2.24, 2.45) is 0 Å². The first-order valence-corrected chi connectivity index (χ1v) is 10.9. The van der Waals surface area contributed by atoms with Crippen molar-refractivity contribution in [3.8, 4) is 11.5 Å². The Hall–Kier alpha value is -1.91. The fourth-order valence-electron chi connectivity index (χ4n) is 4.17. The third kappa shape index (κ3) is 4.80. The van der Waals surface area contributed by atoms with Gasteiger partial charge in [-0.15, -0.1) is 11.8 Å². The number of fused-ring (bicyclic) bond motifs is 1. The summed E-state index contributed by atoms with van der Waals surface area (Å²) in [7, 11) is 0. The van der Waals surface area contributed by atoms with Crippen LogP contribution >= 0.6 is 11.8 Å². The van der Waals surface area contributed by atoms with Gasteiger partial charge in [-0.3, -0.25) is 0 Å². The molecule has 0 saturated carbocycles. The Labute approximate surface area is 182 Å². The molecule has 31 heavy (non-hydrogen) atoms. The third-order valence-corrected chi connectivity index (χ3v) is 6.96. The third-order valence-electron chi connectivity index (χ3n) is 5.65. The predicted molar refractivity (Wildman–Crippen MR) is 110 cm³/mol.